The van der Waals surface area contributed by atoms with Gasteiger partial charge in [0.2, 0.25) is 0 Å². The van der Waals surface area contributed by atoms with E-state index in [4.69, 9.17) is 11.6 Å². The quantitative estimate of drug-likeness (QED) is 0.718. The number of hydrogen-bond acceptors (Lipinski definition) is 2. The summed E-state index contributed by atoms with van der Waals surface area (Å²) in [5.41, 5.74) is 1.31. The largest absolute Gasteiger partial charge is 0.315 e. The SMILES string of the molecule is CCCNCCN(C)CCc1cccc(Cl)c1. The predicted molar refractivity (Wildman–Crippen MR) is 75.8 cm³/mol. The molecule has 0 atom stereocenters. The molecular formula is C14H23ClN2. The Labute approximate surface area is 110 Å². The third-order valence-corrected chi connectivity index (χ3v) is 3.00. The minimum atomic E-state index is 0.828. The number of hydrogen-bond donors (Lipinski definition) is 1. The molecule has 96 valence electrons. The van der Waals surface area contributed by atoms with E-state index in [0.717, 1.165) is 37.6 Å². The third-order valence-electron chi connectivity index (χ3n) is 2.77. The zero-order chi connectivity index (χ0) is 12.5. The summed E-state index contributed by atoms with van der Waals surface area (Å²) in [7, 11) is 2.16. The van der Waals surface area contributed by atoms with E-state index in [0.29, 0.717) is 0 Å². The van der Waals surface area contributed by atoms with Gasteiger partial charge in [-0.05, 0) is 44.1 Å². The zero-order valence-electron chi connectivity index (χ0n) is 10.9. The maximum atomic E-state index is 5.95. The summed E-state index contributed by atoms with van der Waals surface area (Å²) in [5.74, 6) is 0. The molecule has 0 aliphatic carbocycles. The Bertz CT molecular complexity index is 315. The van der Waals surface area contributed by atoms with Gasteiger partial charge in [-0.3, -0.25) is 0 Å². The van der Waals surface area contributed by atoms with E-state index in [1.807, 2.05) is 18.2 Å². The van der Waals surface area contributed by atoms with Crippen LogP contribution in [-0.2, 0) is 6.42 Å². The van der Waals surface area contributed by atoms with E-state index < -0.39 is 0 Å². The van der Waals surface area contributed by atoms with Crippen LogP contribution in [0.15, 0.2) is 24.3 Å². The molecule has 0 unspecified atom stereocenters. The van der Waals surface area contributed by atoms with Crippen LogP contribution in [0.4, 0.5) is 0 Å². The van der Waals surface area contributed by atoms with Gasteiger partial charge in [0.25, 0.3) is 0 Å². The first-order valence-electron chi connectivity index (χ1n) is 6.36. The minimum absolute atomic E-state index is 0.828. The molecule has 0 spiro atoms. The van der Waals surface area contributed by atoms with Gasteiger partial charge in [-0.15, -0.1) is 0 Å². The molecule has 0 saturated heterocycles. The number of benzene rings is 1. The van der Waals surface area contributed by atoms with Gasteiger partial charge in [0, 0.05) is 24.7 Å². The number of likely N-dealkylation sites (N-methyl/N-ethyl adjacent to an activating group) is 1. The molecule has 0 aromatic heterocycles. The normalized spacial score (nSPS) is 11.1. The van der Waals surface area contributed by atoms with Crippen molar-refractivity contribution in [3.05, 3.63) is 34.9 Å². The van der Waals surface area contributed by atoms with Crippen LogP contribution >= 0.6 is 11.6 Å². The predicted octanol–water partition coefficient (Wildman–Crippen LogP) is 2.81. The van der Waals surface area contributed by atoms with Crippen LogP contribution in [0.25, 0.3) is 0 Å². The Hall–Kier alpha value is -0.570. The lowest BCUT2D eigenvalue weighted by Gasteiger charge is -2.16. The first-order valence-corrected chi connectivity index (χ1v) is 6.74. The van der Waals surface area contributed by atoms with Crippen LogP contribution in [-0.4, -0.2) is 38.1 Å². The van der Waals surface area contributed by atoms with Crippen LogP contribution in [0, 0.1) is 0 Å². The lowest BCUT2D eigenvalue weighted by molar-refractivity contribution is 0.336. The Kier molecular flexibility index (Phi) is 7.25. The molecule has 1 aromatic carbocycles. The van der Waals surface area contributed by atoms with E-state index in [1.165, 1.54) is 12.0 Å². The molecule has 1 rings (SSSR count). The average Bonchev–Trinajstić information content (AvgIpc) is 2.32. The zero-order valence-corrected chi connectivity index (χ0v) is 11.6. The van der Waals surface area contributed by atoms with E-state index in [-0.39, 0.29) is 0 Å². The molecule has 1 aromatic rings. The van der Waals surface area contributed by atoms with Gasteiger partial charge < -0.3 is 10.2 Å². The second kappa shape index (κ2) is 8.51. The van der Waals surface area contributed by atoms with Gasteiger partial charge in [0.15, 0.2) is 0 Å². The Balaban J connectivity index is 2.17. The molecule has 0 bridgehead atoms. The van der Waals surface area contributed by atoms with Gasteiger partial charge in [0.1, 0.15) is 0 Å². The minimum Gasteiger partial charge on any atom is -0.315 e. The van der Waals surface area contributed by atoms with Crippen molar-refractivity contribution in [2.24, 2.45) is 0 Å². The van der Waals surface area contributed by atoms with Crippen LogP contribution in [0.1, 0.15) is 18.9 Å². The van der Waals surface area contributed by atoms with Crippen LogP contribution in [0.5, 0.6) is 0 Å². The molecule has 0 fully saturated rings. The summed E-state index contributed by atoms with van der Waals surface area (Å²) in [5, 5.41) is 4.24. The highest BCUT2D eigenvalue weighted by Crippen LogP contribution is 2.11. The second-order valence-electron chi connectivity index (χ2n) is 4.43. The molecule has 0 amide bonds. The molecule has 0 saturated carbocycles. The lowest BCUT2D eigenvalue weighted by atomic mass is 10.1. The van der Waals surface area contributed by atoms with Gasteiger partial charge >= 0.3 is 0 Å². The number of nitrogens with zero attached hydrogens (tertiary/aromatic N) is 1. The Morgan fingerprint density at radius 2 is 2.06 bits per heavy atom. The fourth-order valence-electron chi connectivity index (χ4n) is 1.70. The van der Waals surface area contributed by atoms with Crippen molar-refractivity contribution in [3.63, 3.8) is 0 Å². The Morgan fingerprint density at radius 3 is 2.76 bits per heavy atom. The monoisotopic (exact) mass is 254 g/mol. The van der Waals surface area contributed by atoms with Crippen molar-refractivity contribution in [1.82, 2.24) is 10.2 Å². The fourth-order valence-corrected chi connectivity index (χ4v) is 1.91. The highest BCUT2D eigenvalue weighted by molar-refractivity contribution is 6.30. The maximum Gasteiger partial charge on any atom is 0.0408 e. The standard InChI is InChI=1S/C14H23ClN2/c1-3-8-16-9-11-17(2)10-7-13-5-4-6-14(15)12-13/h4-6,12,16H,3,7-11H2,1-2H3. The average molecular weight is 255 g/mol. The molecule has 17 heavy (non-hydrogen) atoms. The summed E-state index contributed by atoms with van der Waals surface area (Å²) < 4.78 is 0. The van der Waals surface area contributed by atoms with Crippen molar-refractivity contribution >= 4 is 11.6 Å². The van der Waals surface area contributed by atoms with Crippen LogP contribution < -0.4 is 5.32 Å². The first kappa shape index (κ1) is 14.5. The number of halogens is 1. The summed E-state index contributed by atoms with van der Waals surface area (Å²) in [6.45, 7) is 6.55. The van der Waals surface area contributed by atoms with E-state index in [2.05, 4.69) is 30.3 Å². The van der Waals surface area contributed by atoms with E-state index >= 15 is 0 Å². The van der Waals surface area contributed by atoms with Gasteiger partial charge in [-0.25, -0.2) is 0 Å². The van der Waals surface area contributed by atoms with Gasteiger partial charge in [0.05, 0.1) is 0 Å². The molecular weight excluding hydrogens is 232 g/mol. The van der Waals surface area contributed by atoms with Crippen molar-refractivity contribution < 1.29 is 0 Å². The molecule has 2 nitrogen and oxygen atoms in total. The smallest absolute Gasteiger partial charge is 0.0408 e. The second-order valence-corrected chi connectivity index (χ2v) is 4.87. The first-order chi connectivity index (χ1) is 8.22. The lowest BCUT2D eigenvalue weighted by Crippen LogP contribution is -2.30. The molecule has 1 N–H and O–H groups in total. The van der Waals surface area contributed by atoms with Crippen LogP contribution in [0.2, 0.25) is 5.02 Å². The summed E-state index contributed by atoms with van der Waals surface area (Å²) in [4.78, 5) is 2.35. The Morgan fingerprint density at radius 1 is 1.24 bits per heavy atom. The fraction of sp³-hybridized carbons (Fsp3) is 0.571. The maximum absolute atomic E-state index is 5.95. The number of nitrogens with one attached hydrogen (secondary N) is 1. The third kappa shape index (κ3) is 6.67. The van der Waals surface area contributed by atoms with Crippen LogP contribution in [0.3, 0.4) is 0 Å². The topological polar surface area (TPSA) is 15.3 Å². The summed E-state index contributed by atoms with van der Waals surface area (Å²) in [6.07, 6.45) is 2.26. The van der Waals surface area contributed by atoms with Crippen molar-refractivity contribution in [3.8, 4) is 0 Å². The van der Waals surface area contributed by atoms with Crippen molar-refractivity contribution in [2.75, 3.05) is 33.2 Å². The highest BCUT2D eigenvalue weighted by atomic mass is 35.5. The number of rotatable bonds is 8. The van der Waals surface area contributed by atoms with Crippen molar-refractivity contribution in [2.45, 2.75) is 19.8 Å². The summed E-state index contributed by atoms with van der Waals surface area (Å²) >= 11 is 5.95. The summed E-state index contributed by atoms with van der Waals surface area (Å²) in [6, 6.07) is 8.11. The van der Waals surface area contributed by atoms with Crippen molar-refractivity contribution in [1.29, 1.82) is 0 Å². The van der Waals surface area contributed by atoms with Gasteiger partial charge in [-0.1, -0.05) is 30.7 Å². The van der Waals surface area contributed by atoms with Gasteiger partial charge in [-0.2, -0.15) is 0 Å². The molecule has 0 aliphatic rings. The van der Waals surface area contributed by atoms with E-state index in [1.54, 1.807) is 0 Å². The highest BCUT2D eigenvalue weighted by Gasteiger charge is 1.99. The molecule has 0 aliphatic heterocycles. The molecule has 0 radical (unpaired) electrons. The van der Waals surface area contributed by atoms with E-state index in [9.17, 15) is 0 Å². The molecule has 3 heteroatoms. The molecule has 0 heterocycles.